The highest BCUT2D eigenvalue weighted by Gasteiger charge is 2.33. The standard InChI is InChI=1S/C14H16FN3O3S/c1-16-9-5-6-18(8-9)22(20,21)12-4-2-3-10-13(12)11(15)7-17-14(10)19/h2-4,7,9,16H,5-6,8H2,1H3,(H,17,19)/t9-/m1/s1. The maximum Gasteiger partial charge on any atom is 0.256 e. The Kier molecular flexibility index (Phi) is 3.75. The van der Waals surface area contributed by atoms with Crippen LogP contribution in [0.15, 0.2) is 34.1 Å². The fourth-order valence-corrected chi connectivity index (χ4v) is 4.50. The van der Waals surface area contributed by atoms with E-state index < -0.39 is 21.4 Å². The third-order valence-corrected chi connectivity index (χ3v) is 5.92. The molecule has 1 aromatic heterocycles. The highest BCUT2D eigenvalue weighted by molar-refractivity contribution is 7.89. The maximum atomic E-state index is 14.1. The number of hydrogen-bond acceptors (Lipinski definition) is 4. The van der Waals surface area contributed by atoms with Crippen LogP contribution in [0.1, 0.15) is 6.42 Å². The average molecular weight is 325 g/mol. The fraction of sp³-hybridized carbons (Fsp3) is 0.357. The van der Waals surface area contributed by atoms with E-state index in [-0.39, 0.29) is 21.7 Å². The van der Waals surface area contributed by atoms with Crippen LogP contribution in [0.2, 0.25) is 0 Å². The van der Waals surface area contributed by atoms with Crippen LogP contribution in [0.4, 0.5) is 4.39 Å². The smallest absolute Gasteiger partial charge is 0.256 e. The van der Waals surface area contributed by atoms with Gasteiger partial charge in [0.25, 0.3) is 5.56 Å². The Morgan fingerprint density at radius 1 is 1.41 bits per heavy atom. The number of hydrogen-bond donors (Lipinski definition) is 2. The zero-order valence-electron chi connectivity index (χ0n) is 12.0. The van der Waals surface area contributed by atoms with Crippen LogP contribution in [0.3, 0.4) is 0 Å². The first-order valence-electron chi connectivity index (χ1n) is 6.92. The molecule has 0 spiro atoms. The third kappa shape index (κ3) is 2.33. The second kappa shape index (κ2) is 5.45. The molecule has 2 heterocycles. The van der Waals surface area contributed by atoms with Crippen LogP contribution in [-0.4, -0.2) is 43.9 Å². The van der Waals surface area contributed by atoms with Crippen molar-refractivity contribution in [1.82, 2.24) is 14.6 Å². The van der Waals surface area contributed by atoms with Crippen molar-refractivity contribution in [1.29, 1.82) is 0 Å². The normalized spacial score (nSPS) is 19.8. The highest BCUT2D eigenvalue weighted by Crippen LogP contribution is 2.28. The summed E-state index contributed by atoms with van der Waals surface area (Å²) in [6.07, 6.45) is 1.59. The Bertz CT molecular complexity index is 879. The Morgan fingerprint density at radius 3 is 2.86 bits per heavy atom. The van der Waals surface area contributed by atoms with Crippen LogP contribution < -0.4 is 10.9 Å². The van der Waals surface area contributed by atoms with Crippen LogP contribution in [0, 0.1) is 5.82 Å². The van der Waals surface area contributed by atoms with Gasteiger partial charge in [-0.2, -0.15) is 4.31 Å². The highest BCUT2D eigenvalue weighted by atomic mass is 32.2. The van der Waals surface area contributed by atoms with Gasteiger partial charge in [0, 0.05) is 30.7 Å². The lowest BCUT2D eigenvalue weighted by Crippen LogP contribution is -2.33. The number of H-pyrrole nitrogens is 1. The minimum absolute atomic E-state index is 0.0328. The maximum absolute atomic E-state index is 14.1. The number of nitrogens with one attached hydrogen (secondary N) is 2. The Hall–Kier alpha value is -1.77. The second-order valence-electron chi connectivity index (χ2n) is 5.28. The van der Waals surface area contributed by atoms with Crippen molar-refractivity contribution < 1.29 is 12.8 Å². The average Bonchev–Trinajstić information content (AvgIpc) is 3.00. The minimum Gasteiger partial charge on any atom is -0.326 e. The van der Waals surface area contributed by atoms with E-state index in [1.807, 2.05) is 0 Å². The quantitative estimate of drug-likeness (QED) is 0.868. The van der Waals surface area contributed by atoms with E-state index in [9.17, 15) is 17.6 Å². The number of aromatic amines is 1. The monoisotopic (exact) mass is 325 g/mol. The molecule has 22 heavy (non-hydrogen) atoms. The molecule has 0 unspecified atom stereocenters. The molecule has 8 heteroatoms. The molecule has 1 aromatic carbocycles. The number of aromatic nitrogens is 1. The summed E-state index contributed by atoms with van der Waals surface area (Å²) in [7, 11) is -2.07. The van der Waals surface area contributed by atoms with Crippen molar-refractivity contribution in [2.24, 2.45) is 0 Å². The van der Waals surface area contributed by atoms with Crippen LogP contribution >= 0.6 is 0 Å². The number of fused-ring (bicyclic) bond motifs is 1. The van der Waals surface area contributed by atoms with Crippen molar-refractivity contribution >= 4 is 20.8 Å². The van der Waals surface area contributed by atoms with Crippen molar-refractivity contribution in [2.75, 3.05) is 20.1 Å². The van der Waals surface area contributed by atoms with Gasteiger partial charge in [0.2, 0.25) is 10.0 Å². The molecule has 0 radical (unpaired) electrons. The molecule has 1 aliphatic heterocycles. The van der Waals surface area contributed by atoms with Crippen LogP contribution in [0.5, 0.6) is 0 Å². The molecular weight excluding hydrogens is 309 g/mol. The third-order valence-electron chi connectivity index (χ3n) is 4.02. The summed E-state index contributed by atoms with van der Waals surface area (Å²) >= 11 is 0. The molecule has 1 aliphatic rings. The molecule has 1 fully saturated rings. The van der Waals surface area contributed by atoms with Crippen molar-refractivity contribution in [2.45, 2.75) is 17.4 Å². The largest absolute Gasteiger partial charge is 0.326 e. The number of sulfonamides is 1. The molecule has 6 nitrogen and oxygen atoms in total. The van der Waals surface area contributed by atoms with Gasteiger partial charge in [-0.15, -0.1) is 0 Å². The molecular formula is C14H16FN3O3S. The van der Waals surface area contributed by atoms with Gasteiger partial charge in [-0.1, -0.05) is 6.07 Å². The zero-order valence-corrected chi connectivity index (χ0v) is 12.8. The number of nitrogens with zero attached hydrogens (tertiary/aromatic N) is 1. The van der Waals surface area contributed by atoms with Gasteiger partial charge in [0.15, 0.2) is 0 Å². The topological polar surface area (TPSA) is 82.3 Å². The number of pyridine rings is 1. The Balaban J connectivity index is 2.18. The van der Waals surface area contributed by atoms with Gasteiger partial charge >= 0.3 is 0 Å². The second-order valence-corrected chi connectivity index (χ2v) is 7.19. The zero-order chi connectivity index (χ0) is 15.9. The molecule has 0 bridgehead atoms. The van der Waals surface area contributed by atoms with E-state index in [0.29, 0.717) is 19.5 Å². The summed E-state index contributed by atoms with van der Waals surface area (Å²) in [5, 5.41) is 2.92. The number of benzene rings is 1. The predicted octanol–water partition coefficient (Wildman–Crippen LogP) is 0.650. The van der Waals surface area contributed by atoms with E-state index >= 15 is 0 Å². The van der Waals surface area contributed by atoms with E-state index in [1.165, 1.54) is 22.5 Å². The van der Waals surface area contributed by atoms with E-state index in [2.05, 4.69) is 10.3 Å². The van der Waals surface area contributed by atoms with Gasteiger partial charge in [-0.05, 0) is 25.6 Å². The lowest BCUT2D eigenvalue weighted by molar-refractivity contribution is 0.465. The summed E-state index contributed by atoms with van der Waals surface area (Å²) in [5.74, 6) is -0.752. The van der Waals surface area contributed by atoms with Gasteiger partial charge in [0.05, 0.1) is 10.3 Å². The molecule has 2 N–H and O–H groups in total. The Labute approximate surface area is 127 Å². The molecule has 0 aliphatic carbocycles. The van der Waals surface area contributed by atoms with Crippen molar-refractivity contribution in [3.05, 3.63) is 40.6 Å². The van der Waals surface area contributed by atoms with E-state index in [0.717, 1.165) is 6.20 Å². The summed E-state index contributed by atoms with van der Waals surface area (Å²) < 4.78 is 41.0. The van der Waals surface area contributed by atoms with Crippen molar-refractivity contribution in [3.8, 4) is 0 Å². The molecule has 2 aromatic rings. The Morgan fingerprint density at radius 2 is 2.18 bits per heavy atom. The van der Waals surface area contributed by atoms with E-state index in [4.69, 9.17) is 0 Å². The first-order valence-corrected chi connectivity index (χ1v) is 8.36. The summed E-state index contributed by atoms with van der Waals surface area (Å²) in [5.41, 5.74) is -0.511. The van der Waals surface area contributed by atoms with Crippen molar-refractivity contribution in [3.63, 3.8) is 0 Å². The lowest BCUT2D eigenvalue weighted by atomic mass is 10.2. The molecule has 0 saturated carbocycles. The fourth-order valence-electron chi connectivity index (χ4n) is 2.78. The minimum atomic E-state index is -3.85. The molecule has 1 atom stereocenters. The van der Waals surface area contributed by atoms with E-state index in [1.54, 1.807) is 7.05 Å². The van der Waals surface area contributed by atoms with Crippen LogP contribution in [-0.2, 0) is 10.0 Å². The molecule has 1 saturated heterocycles. The predicted molar refractivity (Wildman–Crippen MR) is 80.8 cm³/mol. The first-order chi connectivity index (χ1) is 10.4. The molecule has 3 rings (SSSR count). The number of likely N-dealkylation sites (N-methyl/N-ethyl adjacent to an activating group) is 1. The van der Waals surface area contributed by atoms with Crippen LogP contribution in [0.25, 0.3) is 10.8 Å². The van der Waals surface area contributed by atoms with Gasteiger partial charge in [-0.3, -0.25) is 4.79 Å². The molecule has 0 amide bonds. The first kappa shape index (κ1) is 15.1. The summed E-state index contributed by atoms with van der Waals surface area (Å²) in [4.78, 5) is 13.9. The van der Waals surface area contributed by atoms with Gasteiger partial charge in [0.1, 0.15) is 5.82 Å². The lowest BCUT2D eigenvalue weighted by Gasteiger charge is -2.18. The van der Waals surface area contributed by atoms with Gasteiger partial charge in [-0.25, -0.2) is 12.8 Å². The summed E-state index contributed by atoms with van der Waals surface area (Å²) in [6.45, 7) is 0.703. The molecule has 118 valence electrons. The number of rotatable bonds is 3. The SMILES string of the molecule is CN[C@@H]1CCN(S(=O)(=O)c2cccc3c(=O)[nH]cc(F)c23)C1. The van der Waals surface area contributed by atoms with Gasteiger partial charge < -0.3 is 10.3 Å². The summed E-state index contributed by atoms with van der Waals surface area (Å²) in [6, 6.07) is 4.29. The number of halogens is 1.